The van der Waals surface area contributed by atoms with E-state index in [9.17, 15) is 33.6 Å². The van der Waals surface area contributed by atoms with Crippen LogP contribution in [0.1, 0.15) is 138 Å². The van der Waals surface area contributed by atoms with E-state index >= 15 is 0 Å². The number of ether oxygens (including phenoxy) is 2. The summed E-state index contributed by atoms with van der Waals surface area (Å²) in [4.78, 5) is 74.7. The third-order valence-corrected chi connectivity index (χ3v) is 24.4. The second-order valence-corrected chi connectivity index (χ2v) is 21.2. The van der Waals surface area contributed by atoms with E-state index in [1.54, 1.807) is 389 Å². The number of esters is 1. The number of ketones is 6. The monoisotopic (exact) mass is 7410 g/mol. The van der Waals surface area contributed by atoms with Crippen LogP contribution in [0.2, 0.25) is 0 Å². The van der Waals surface area contributed by atoms with Crippen molar-refractivity contribution < 1.29 is 675 Å². The average molecular weight is 7410 g/mol. The first-order valence-electron chi connectivity index (χ1n) is 20.9. The van der Waals surface area contributed by atoms with Crippen LogP contribution < -0.4 is 0 Å². The van der Waals surface area contributed by atoms with E-state index in [-0.39, 0.29) is 79.0 Å². The van der Waals surface area contributed by atoms with Crippen LogP contribution in [0.3, 0.4) is 0 Å². The topological polar surface area (TPSA) is 178 Å². The van der Waals surface area contributed by atoms with E-state index in [4.69, 9.17) is 19.7 Å². The Labute approximate surface area is 919 Å². The van der Waals surface area contributed by atoms with Gasteiger partial charge in [0.15, 0.2) is 0 Å². The molecule has 0 saturated heterocycles. The molecule has 92 heavy (non-hydrogen) atoms. The molecule has 0 unspecified atom stereocenters. The van der Waals surface area contributed by atoms with E-state index in [0.717, 1.165) is 182 Å². The number of rotatable bonds is 13. The van der Waals surface area contributed by atoms with E-state index < -0.39 is 5.97 Å². The first-order valence-corrected chi connectivity index (χ1v) is 171. The van der Waals surface area contributed by atoms with Crippen LogP contribution in [0.25, 0.3) is 0 Å². The van der Waals surface area contributed by atoms with Crippen molar-refractivity contribution in [3.05, 3.63) is 41.5 Å². The summed E-state index contributed by atoms with van der Waals surface area (Å²) in [6.07, 6.45) is 1.35. The Kier molecular flexibility index (Phi) is 495. The van der Waals surface area contributed by atoms with Crippen LogP contribution >= 0.6 is 0 Å². The van der Waals surface area contributed by atoms with Gasteiger partial charge in [0.25, 0.3) is 0 Å². The minimum absolute atomic E-state index is 0. The predicted octanol–water partition coefficient (Wildman–Crippen LogP) is 5.44. The van der Waals surface area contributed by atoms with Crippen LogP contribution in [0, 0.1) is 29.7 Å². The molecule has 11 nitrogen and oxygen atoms in total. The van der Waals surface area contributed by atoms with Crippen molar-refractivity contribution in [2.75, 3.05) is 0 Å². The Balaban J connectivity index is -0.0000000188. The van der Waals surface area contributed by atoms with Crippen molar-refractivity contribution in [2.45, 2.75) is 138 Å². The van der Waals surface area contributed by atoms with Crippen LogP contribution in [0.15, 0.2) is 11.8 Å². The van der Waals surface area contributed by atoms with E-state index in [2.05, 4.69) is 17.6 Å². The van der Waals surface area contributed by atoms with Gasteiger partial charge in [-0.05, 0) is 0 Å². The first kappa shape index (κ1) is 196. The molecular formula is C45H74O11W36-8. The van der Waals surface area contributed by atoms with Crippen molar-refractivity contribution >= 4 is 90.2 Å². The van der Waals surface area contributed by atoms with Crippen molar-refractivity contribution in [1.29, 1.82) is 0 Å². The van der Waals surface area contributed by atoms with E-state index in [1.807, 2.05) is 111 Å². The summed E-state index contributed by atoms with van der Waals surface area (Å²) in [7, 11) is 0. The number of carbonyl (C=O) groups is 7. The molecule has 0 aromatic rings. The van der Waals surface area contributed by atoms with E-state index in [1.165, 1.54) is 84.9 Å². The SMILES string of the molecule is CC.CC.CC.CC.CC.CC.CC.CC.CC(=O)[C-]=[W].CC(=O)[C](=[W])[C](=[W])OC(=O)[C-]=[W].CC(=O)[C](=[W])[C](O)=[W].O=C([C-]=[W])CC(=O)[C](=[W])[C](O)=[W].O=C1C=C([C-]=[W])O[C](=[W])[C]1=[W].[CH3-].[CH3-].[CH3-].[CH3-].[W]=[W].[W]=[W].[W]=[W].[W]=[W].[W]=[W].[W]=[W].[W]=[W].[W]=[W].[W]=[W].[W]=[W].[W]=[W].[W]=[W]. The molecule has 1 rings (SSSR count). The zero-order valence-corrected chi connectivity index (χ0v) is 159. The maximum atomic E-state index is 11.2. The van der Waals surface area contributed by atoms with Gasteiger partial charge < -0.3 is 29.7 Å². The zero-order chi connectivity index (χ0) is 78.9. The number of Topliss-reactive ketones (excluding diaryl/α,β-unsaturated/α-hetero) is 5. The zero-order valence-electron chi connectivity index (χ0n) is 53.6. The van der Waals surface area contributed by atoms with Gasteiger partial charge in [-0.1, -0.05) is 111 Å². The first-order chi connectivity index (χ1) is 41.9. The molecule has 2 N–H and O–H groups in total. The number of aliphatic hydroxyl groups is 2. The summed E-state index contributed by atoms with van der Waals surface area (Å²) in [6.45, 7) is 36.4. The summed E-state index contributed by atoms with van der Waals surface area (Å²) in [6, 6.07) is 0. The van der Waals surface area contributed by atoms with Gasteiger partial charge in [0.1, 0.15) is 0 Å². The van der Waals surface area contributed by atoms with Crippen LogP contribution in [-0.4, -0.2) is 100 Å². The molecule has 0 aliphatic carbocycles. The van der Waals surface area contributed by atoms with Crippen molar-refractivity contribution in [3.8, 4) is 0 Å². The van der Waals surface area contributed by atoms with Gasteiger partial charge in [-0.3, -0.25) is 0 Å². The third-order valence-electron chi connectivity index (χ3n) is 3.29. The van der Waals surface area contributed by atoms with Crippen molar-refractivity contribution in [3.63, 3.8) is 0 Å². The number of carbonyl (C=O) groups excluding carboxylic acids is 7. The number of aliphatic hydroxyl groups excluding tert-OH is 2. The van der Waals surface area contributed by atoms with Crippen LogP contribution in [0.4, 0.5) is 0 Å². The quantitative estimate of drug-likeness (QED) is 0.137. The molecular weight excluding hydrogens is 7330 g/mol. The van der Waals surface area contributed by atoms with Crippen molar-refractivity contribution in [2.24, 2.45) is 0 Å². The molecule has 544 valence electrons. The number of hydrogen-bond donors (Lipinski definition) is 2. The summed E-state index contributed by atoms with van der Waals surface area (Å²) >= 11 is 52.3. The number of allylic oxidation sites excluding steroid dienone is 2. The fourth-order valence-electron chi connectivity index (χ4n) is 1.34. The van der Waals surface area contributed by atoms with Gasteiger partial charge in [-0.2, -0.15) is 0 Å². The molecule has 0 spiro atoms. The molecule has 1 aliphatic heterocycles. The molecule has 0 amide bonds. The Morgan fingerprint density at radius 1 is 0.424 bits per heavy atom. The minimum atomic E-state index is -0.491. The number of hydrogen-bond acceptors (Lipinski definition) is 11. The standard InChI is InChI=1S/2C6H3O3.C6HO2.C4H4O2.C3H3O.8C2H6.4CH3.36W/c1-5(7)3-4-9-6(2)8;1-5(8)4-6(9)2-3-7;1-5-4-6(7)2-3-8-5;1-4(6)2-3-5;1-3(2)4;8*1-2;;;;;;;;;;;;;;;;;;;;;;;;;;;;;;;;;;;;;;;;/h1H3;7H,4H2;4H;5H,1H3;1H3;8*1-2H3;4*1H3;;;;;;;;;;;;;;;;;;;;;;;;;;;;;;;;;;;;/q3*-1;;-1;;;;;;;;;4*-1;;;;;;;;;;;;;;;;;;;;;;;;;;;;;;;;;;;;. The fraction of sp³-hybridized carbons (Fsp3) is 0.444. The molecule has 0 bridgehead atoms. The molecule has 0 aromatic carbocycles. The van der Waals surface area contributed by atoms with Crippen molar-refractivity contribution in [1.82, 2.24) is 0 Å². The Bertz CT molecular complexity index is 1680. The second-order valence-electron chi connectivity index (χ2n) is 6.97. The predicted molar refractivity (Wildman–Crippen MR) is 247 cm³/mol. The molecule has 0 atom stereocenters. The summed E-state index contributed by atoms with van der Waals surface area (Å²) in [5.41, 5.74) is 0. The van der Waals surface area contributed by atoms with E-state index in [0.29, 0.717) is 21.5 Å². The van der Waals surface area contributed by atoms with Crippen LogP contribution in [0.5, 0.6) is 0 Å². The molecule has 0 saturated carbocycles. The molecule has 1 aliphatic rings. The Hall–Kier alpha value is 20.2. The van der Waals surface area contributed by atoms with Gasteiger partial charge in [0.2, 0.25) is 0 Å². The third kappa shape index (κ3) is 226. The maximum absolute atomic E-state index is 11.2. The normalized spacial score (nSPS) is 6.45. The Morgan fingerprint density at radius 2 is 0.652 bits per heavy atom. The van der Waals surface area contributed by atoms with Gasteiger partial charge in [0, 0.05) is 0 Å². The Morgan fingerprint density at radius 3 is 0.793 bits per heavy atom. The molecule has 0 fully saturated rings. The van der Waals surface area contributed by atoms with Gasteiger partial charge >= 0.3 is 804 Å². The average Bonchev–Trinajstić information content (AvgIpc) is 3.62. The molecule has 1 heterocycles. The van der Waals surface area contributed by atoms with Crippen LogP contribution in [-0.2, 0) is 665 Å². The second kappa shape index (κ2) is 233. The van der Waals surface area contributed by atoms with Gasteiger partial charge in [-0.15, -0.1) is 0 Å². The molecule has 47 heteroatoms. The summed E-state index contributed by atoms with van der Waals surface area (Å²) in [5, 5.41) is 17.7. The fourth-order valence-corrected chi connectivity index (χ4v) is 5.28. The van der Waals surface area contributed by atoms with Gasteiger partial charge in [0.05, 0.1) is 0 Å². The van der Waals surface area contributed by atoms with Gasteiger partial charge in [-0.25, -0.2) is 0 Å². The summed E-state index contributed by atoms with van der Waals surface area (Å²) in [5.74, 6) is -0.407. The molecule has 0 aromatic heterocycles. The molecule has 0 radical (unpaired) electrons. The summed E-state index contributed by atoms with van der Waals surface area (Å²) < 4.78 is 24.2.